The van der Waals surface area contributed by atoms with Gasteiger partial charge in [-0.25, -0.2) is 0 Å². The molecule has 27 heavy (non-hydrogen) atoms. The number of anilines is 1. The van der Waals surface area contributed by atoms with E-state index in [2.05, 4.69) is 33.1 Å². The van der Waals surface area contributed by atoms with Gasteiger partial charge < -0.3 is 20.7 Å². The SMILES string of the molecule is CN=C(NCCOc1ccc2c(c1)CCC(=O)N2)NCc1ccccc1.I. The van der Waals surface area contributed by atoms with Gasteiger partial charge in [0.2, 0.25) is 5.91 Å². The average Bonchev–Trinajstić information content (AvgIpc) is 2.68. The van der Waals surface area contributed by atoms with Crippen LogP contribution < -0.4 is 20.7 Å². The maximum Gasteiger partial charge on any atom is 0.224 e. The van der Waals surface area contributed by atoms with Gasteiger partial charge in [0.1, 0.15) is 12.4 Å². The van der Waals surface area contributed by atoms with Crippen LogP contribution in [0.1, 0.15) is 17.5 Å². The number of aliphatic imine (C=N–C) groups is 1. The largest absolute Gasteiger partial charge is 0.492 e. The van der Waals surface area contributed by atoms with E-state index in [-0.39, 0.29) is 29.9 Å². The summed E-state index contributed by atoms with van der Waals surface area (Å²) in [6.07, 6.45) is 1.29. The smallest absolute Gasteiger partial charge is 0.224 e. The molecule has 1 amide bonds. The second-order valence-electron chi connectivity index (χ2n) is 6.05. The second-order valence-corrected chi connectivity index (χ2v) is 6.05. The molecule has 0 aromatic heterocycles. The molecule has 1 aliphatic rings. The Labute approximate surface area is 176 Å². The lowest BCUT2D eigenvalue weighted by Crippen LogP contribution is -2.38. The van der Waals surface area contributed by atoms with Crippen molar-refractivity contribution in [2.24, 2.45) is 4.99 Å². The molecular formula is C20H25IN4O2. The third kappa shape index (κ3) is 6.42. The number of carbonyl (C=O) groups excluding carboxylic acids is 1. The number of aryl methyl sites for hydroxylation is 1. The lowest BCUT2D eigenvalue weighted by molar-refractivity contribution is -0.116. The number of nitrogens with zero attached hydrogens (tertiary/aromatic N) is 1. The highest BCUT2D eigenvalue weighted by Crippen LogP contribution is 2.26. The fraction of sp³-hybridized carbons (Fsp3) is 0.300. The molecule has 7 heteroatoms. The minimum Gasteiger partial charge on any atom is -0.492 e. The molecule has 0 unspecified atom stereocenters. The summed E-state index contributed by atoms with van der Waals surface area (Å²) in [7, 11) is 1.75. The van der Waals surface area contributed by atoms with Crippen LogP contribution in [0.2, 0.25) is 0 Å². The van der Waals surface area contributed by atoms with Gasteiger partial charge in [-0.2, -0.15) is 0 Å². The quantitative estimate of drug-likeness (QED) is 0.257. The lowest BCUT2D eigenvalue weighted by Gasteiger charge is -2.18. The number of nitrogens with one attached hydrogen (secondary N) is 3. The predicted molar refractivity (Wildman–Crippen MR) is 119 cm³/mol. The van der Waals surface area contributed by atoms with Crippen molar-refractivity contribution in [1.29, 1.82) is 0 Å². The molecule has 0 saturated heterocycles. The van der Waals surface area contributed by atoms with E-state index in [1.807, 2.05) is 36.4 Å². The van der Waals surface area contributed by atoms with Crippen LogP contribution in [0.15, 0.2) is 53.5 Å². The number of amides is 1. The molecule has 0 atom stereocenters. The zero-order valence-corrected chi connectivity index (χ0v) is 17.7. The molecule has 6 nitrogen and oxygen atoms in total. The van der Waals surface area contributed by atoms with Gasteiger partial charge >= 0.3 is 0 Å². The maximum atomic E-state index is 11.4. The number of guanidine groups is 1. The van der Waals surface area contributed by atoms with Crippen molar-refractivity contribution >= 4 is 41.5 Å². The van der Waals surface area contributed by atoms with Crippen molar-refractivity contribution in [2.75, 3.05) is 25.5 Å². The molecule has 0 spiro atoms. The first-order chi connectivity index (χ1) is 12.7. The molecule has 144 valence electrons. The third-order valence-electron chi connectivity index (χ3n) is 4.16. The van der Waals surface area contributed by atoms with Crippen LogP contribution in [0.5, 0.6) is 5.75 Å². The van der Waals surface area contributed by atoms with E-state index in [4.69, 9.17) is 4.74 Å². The van der Waals surface area contributed by atoms with E-state index in [9.17, 15) is 4.79 Å². The van der Waals surface area contributed by atoms with Crippen LogP contribution in [-0.4, -0.2) is 32.1 Å². The molecular weight excluding hydrogens is 455 g/mol. The summed E-state index contributed by atoms with van der Waals surface area (Å²) in [5.74, 6) is 1.63. The monoisotopic (exact) mass is 480 g/mol. The fourth-order valence-corrected chi connectivity index (χ4v) is 2.79. The summed E-state index contributed by atoms with van der Waals surface area (Å²) in [6.45, 7) is 1.89. The van der Waals surface area contributed by atoms with E-state index in [0.717, 1.165) is 35.9 Å². The van der Waals surface area contributed by atoms with E-state index < -0.39 is 0 Å². The fourth-order valence-electron chi connectivity index (χ4n) is 2.79. The molecule has 1 aliphatic heterocycles. The number of carbonyl (C=O) groups is 1. The lowest BCUT2D eigenvalue weighted by atomic mass is 10.0. The van der Waals surface area contributed by atoms with Gasteiger partial charge in [-0.1, -0.05) is 30.3 Å². The normalized spacial score (nSPS) is 13.1. The molecule has 2 aromatic carbocycles. The molecule has 1 heterocycles. The first kappa shape index (κ1) is 21.0. The van der Waals surface area contributed by atoms with Gasteiger partial charge in [0.05, 0.1) is 6.54 Å². The zero-order chi connectivity index (χ0) is 18.2. The highest BCUT2D eigenvalue weighted by atomic mass is 127. The molecule has 0 aliphatic carbocycles. The van der Waals surface area contributed by atoms with E-state index in [1.54, 1.807) is 7.05 Å². The Morgan fingerprint density at radius 2 is 1.96 bits per heavy atom. The number of fused-ring (bicyclic) bond motifs is 1. The Balaban J connectivity index is 0.00000261. The number of rotatable bonds is 6. The molecule has 0 radical (unpaired) electrons. The summed E-state index contributed by atoms with van der Waals surface area (Å²) >= 11 is 0. The van der Waals surface area contributed by atoms with Crippen molar-refractivity contribution in [3.63, 3.8) is 0 Å². The van der Waals surface area contributed by atoms with Gasteiger partial charge in [0.15, 0.2) is 5.96 Å². The molecule has 0 bridgehead atoms. The van der Waals surface area contributed by atoms with Gasteiger partial charge in [0, 0.05) is 25.7 Å². The Bertz CT molecular complexity index is 781. The number of benzene rings is 2. The van der Waals surface area contributed by atoms with Crippen LogP contribution in [-0.2, 0) is 17.8 Å². The van der Waals surface area contributed by atoms with Crippen molar-refractivity contribution in [3.8, 4) is 5.75 Å². The van der Waals surface area contributed by atoms with Crippen LogP contribution in [0.25, 0.3) is 0 Å². The maximum absolute atomic E-state index is 11.4. The molecule has 3 rings (SSSR count). The van der Waals surface area contributed by atoms with Crippen molar-refractivity contribution < 1.29 is 9.53 Å². The number of hydrogen-bond donors (Lipinski definition) is 3. The molecule has 3 N–H and O–H groups in total. The van der Waals surface area contributed by atoms with Crippen molar-refractivity contribution in [2.45, 2.75) is 19.4 Å². The van der Waals surface area contributed by atoms with Crippen molar-refractivity contribution in [3.05, 3.63) is 59.7 Å². The van der Waals surface area contributed by atoms with E-state index in [1.165, 1.54) is 5.56 Å². The standard InChI is InChI=1S/C20H24N4O2.HI/c1-21-20(23-14-15-5-3-2-4-6-15)22-11-12-26-17-8-9-18-16(13-17)7-10-19(25)24-18;/h2-6,8-9,13H,7,10-12,14H2,1H3,(H,24,25)(H2,21,22,23);1H. The van der Waals surface area contributed by atoms with Crippen LogP contribution >= 0.6 is 24.0 Å². The van der Waals surface area contributed by atoms with Crippen LogP contribution in [0.4, 0.5) is 5.69 Å². The Hall–Kier alpha value is -2.29. The highest BCUT2D eigenvalue weighted by molar-refractivity contribution is 14.0. The summed E-state index contributed by atoms with van der Waals surface area (Å²) < 4.78 is 5.80. The van der Waals surface area contributed by atoms with Gasteiger partial charge in [-0.15, -0.1) is 24.0 Å². The Morgan fingerprint density at radius 1 is 1.15 bits per heavy atom. The average molecular weight is 480 g/mol. The summed E-state index contributed by atoms with van der Waals surface area (Å²) in [6, 6.07) is 16.0. The summed E-state index contributed by atoms with van der Waals surface area (Å²) in [5, 5.41) is 9.38. The summed E-state index contributed by atoms with van der Waals surface area (Å²) in [5.41, 5.74) is 3.21. The molecule has 2 aromatic rings. The number of hydrogen-bond acceptors (Lipinski definition) is 3. The van der Waals surface area contributed by atoms with E-state index >= 15 is 0 Å². The van der Waals surface area contributed by atoms with E-state index in [0.29, 0.717) is 19.6 Å². The Morgan fingerprint density at radius 3 is 2.74 bits per heavy atom. The third-order valence-corrected chi connectivity index (χ3v) is 4.16. The van der Waals surface area contributed by atoms with Crippen molar-refractivity contribution in [1.82, 2.24) is 10.6 Å². The topological polar surface area (TPSA) is 74.8 Å². The first-order valence-electron chi connectivity index (χ1n) is 8.78. The zero-order valence-electron chi connectivity index (χ0n) is 15.3. The second kappa shape index (κ2) is 10.8. The van der Waals surface area contributed by atoms with Gasteiger partial charge in [-0.05, 0) is 35.7 Å². The van der Waals surface area contributed by atoms with Gasteiger partial charge in [0.25, 0.3) is 0 Å². The first-order valence-corrected chi connectivity index (χ1v) is 8.78. The van der Waals surface area contributed by atoms with Crippen LogP contribution in [0, 0.1) is 0 Å². The minimum absolute atomic E-state index is 0. The predicted octanol–water partition coefficient (Wildman–Crippen LogP) is 2.93. The Kier molecular flexibility index (Phi) is 8.38. The van der Waals surface area contributed by atoms with Crippen LogP contribution in [0.3, 0.4) is 0 Å². The molecule has 0 saturated carbocycles. The number of halogens is 1. The highest BCUT2D eigenvalue weighted by Gasteiger charge is 2.14. The number of ether oxygens (including phenoxy) is 1. The molecule has 0 fully saturated rings. The van der Waals surface area contributed by atoms with Gasteiger partial charge in [-0.3, -0.25) is 9.79 Å². The summed E-state index contributed by atoms with van der Waals surface area (Å²) in [4.78, 5) is 15.6. The minimum atomic E-state index is 0.